The Hall–Kier alpha value is -2.44. The summed E-state index contributed by atoms with van der Waals surface area (Å²) in [6.45, 7) is 0.848. The molecule has 0 amide bonds. The average molecular weight is 332 g/mol. The zero-order valence-electron chi connectivity index (χ0n) is 13.6. The molecule has 0 aliphatic carbocycles. The van der Waals surface area contributed by atoms with Gasteiger partial charge in [0.1, 0.15) is 24.7 Å². The Labute approximate surface area is 141 Å². The van der Waals surface area contributed by atoms with Crippen LogP contribution >= 0.6 is 0 Å². The summed E-state index contributed by atoms with van der Waals surface area (Å²) in [7, 11) is 0. The van der Waals surface area contributed by atoms with E-state index in [0.717, 1.165) is 11.1 Å². The minimum absolute atomic E-state index is 0.0893. The van der Waals surface area contributed by atoms with E-state index >= 15 is 0 Å². The van der Waals surface area contributed by atoms with Gasteiger partial charge in [-0.15, -0.1) is 0 Å². The molecule has 2 aromatic rings. The molecule has 0 heterocycles. The van der Waals surface area contributed by atoms with E-state index in [1.54, 1.807) is 24.3 Å². The first kappa shape index (κ1) is 17.9. The summed E-state index contributed by atoms with van der Waals surface area (Å²) >= 11 is 0. The molecule has 0 aliphatic rings. The number of anilines is 2. The van der Waals surface area contributed by atoms with E-state index in [2.05, 4.69) is 0 Å². The van der Waals surface area contributed by atoms with Crippen molar-refractivity contribution < 1.29 is 19.7 Å². The van der Waals surface area contributed by atoms with Crippen molar-refractivity contribution in [1.29, 1.82) is 0 Å². The van der Waals surface area contributed by atoms with Crippen molar-refractivity contribution in [2.24, 2.45) is 0 Å². The van der Waals surface area contributed by atoms with Crippen molar-refractivity contribution in [3.63, 3.8) is 0 Å². The zero-order valence-corrected chi connectivity index (χ0v) is 13.6. The van der Waals surface area contributed by atoms with E-state index in [1.165, 1.54) is 0 Å². The minimum Gasteiger partial charge on any atom is -0.488 e. The van der Waals surface area contributed by atoms with E-state index in [1.807, 2.05) is 12.1 Å². The summed E-state index contributed by atoms with van der Waals surface area (Å²) in [6, 6.07) is 10.9. The molecular weight excluding hydrogens is 308 g/mol. The molecule has 2 aromatic carbocycles. The van der Waals surface area contributed by atoms with Gasteiger partial charge in [-0.3, -0.25) is 0 Å². The average Bonchev–Trinajstić information content (AvgIpc) is 2.55. The van der Waals surface area contributed by atoms with Crippen molar-refractivity contribution >= 4 is 11.4 Å². The van der Waals surface area contributed by atoms with Crippen LogP contribution in [-0.2, 0) is 12.8 Å². The fourth-order valence-corrected chi connectivity index (χ4v) is 2.33. The molecule has 0 radical (unpaired) electrons. The fourth-order valence-electron chi connectivity index (χ4n) is 2.33. The number of aliphatic hydroxyl groups excluding tert-OH is 2. The number of nitrogens with two attached hydrogens (primary N) is 2. The largest absolute Gasteiger partial charge is 0.488 e. The topological polar surface area (TPSA) is 111 Å². The van der Waals surface area contributed by atoms with E-state index in [-0.39, 0.29) is 13.2 Å². The zero-order chi connectivity index (χ0) is 17.4. The Morgan fingerprint density at radius 2 is 1.12 bits per heavy atom. The van der Waals surface area contributed by atoms with Gasteiger partial charge in [0.05, 0.1) is 11.4 Å². The molecule has 0 fully saturated rings. The second kappa shape index (κ2) is 9.00. The Kier molecular flexibility index (Phi) is 6.72. The molecule has 6 N–H and O–H groups in total. The molecule has 0 atom stereocenters. The van der Waals surface area contributed by atoms with E-state index in [0.29, 0.717) is 48.9 Å². The normalized spacial score (nSPS) is 10.6. The fraction of sp³-hybridized carbons (Fsp3) is 0.333. The third kappa shape index (κ3) is 5.04. The van der Waals surface area contributed by atoms with Crippen molar-refractivity contribution in [2.75, 3.05) is 37.9 Å². The molecule has 0 saturated heterocycles. The van der Waals surface area contributed by atoms with Crippen molar-refractivity contribution in [3.8, 4) is 11.5 Å². The second-order valence-corrected chi connectivity index (χ2v) is 5.39. The number of rotatable bonds is 9. The Balaban J connectivity index is 1.82. The molecule has 0 saturated carbocycles. The van der Waals surface area contributed by atoms with Crippen molar-refractivity contribution in [1.82, 2.24) is 0 Å². The first-order valence-corrected chi connectivity index (χ1v) is 7.88. The number of hydrogen-bond donors (Lipinski definition) is 4. The molecule has 6 nitrogen and oxygen atoms in total. The Morgan fingerprint density at radius 3 is 1.46 bits per heavy atom. The standard InChI is InChI=1S/C18H24N2O4/c19-15-11-13(5-7-21)1-3-17(15)23-9-10-24-18-4-2-14(6-8-22)12-16(18)20/h1-4,11-12,21-22H,5-10,19-20H2. The molecule has 24 heavy (non-hydrogen) atoms. The third-order valence-corrected chi connectivity index (χ3v) is 3.55. The third-order valence-electron chi connectivity index (χ3n) is 3.55. The van der Waals surface area contributed by atoms with Crippen LogP contribution in [0.1, 0.15) is 11.1 Å². The summed E-state index contributed by atoms with van der Waals surface area (Å²) in [5, 5.41) is 17.8. The number of ether oxygens (including phenoxy) is 2. The molecule has 130 valence electrons. The van der Waals surface area contributed by atoms with Crippen LogP contribution in [0, 0.1) is 0 Å². The van der Waals surface area contributed by atoms with Crippen LogP contribution < -0.4 is 20.9 Å². The molecule has 6 heteroatoms. The summed E-state index contributed by atoms with van der Waals surface area (Å²) < 4.78 is 11.2. The molecular formula is C18H24N2O4. The van der Waals surface area contributed by atoms with Gasteiger partial charge in [0.15, 0.2) is 0 Å². The predicted octanol–water partition coefficient (Wildman–Crippen LogP) is 1.38. The SMILES string of the molecule is Nc1cc(CCO)ccc1OCCOc1ccc(CCO)cc1N. The minimum atomic E-state index is 0.0893. The monoisotopic (exact) mass is 332 g/mol. The van der Waals surface area contributed by atoms with Crippen LogP contribution in [0.2, 0.25) is 0 Å². The van der Waals surface area contributed by atoms with Gasteiger partial charge < -0.3 is 31.2 Å². The highest BCUT2D eigenvalue weighted by Crippen LogP contribution is 2.24. The van der Waals surface area contributed by atoms with Gasteiger partial charge in [-0.2, -0.15) is 0 Å². The van der Waals surface area contributed by atoms with Crippen molar-refractivity contribution in [2.45, 2.75) is 12.8 Å². The number of aliphatic hydroxyl groups is 2. The highest BCUT2D eigenvalue weighted by atomic mass is 16.5. The molecule has 0 aliphatic heterocycles. The first-order chi connectivity index (χ1) is 11.6. The predicted molar refractivity (Wildman–Crippen MR) is 94.3 cm³/mol. The van der Waals surface area contributed by atoms with Gasteiger partial charge in [-0.25, -0.2) is 0 Å². The molecule has 0 spiro atoms. The van der Waals surface area contributed by atoms with Gasteiger partial charge in [0.2, 0.25) is 0 Å². The van der Waals surface area contributed by atoms with E-state index < -0.39 is 0 Å². The van der Waals surface area contributed by atoms with Crippen LogP contribution in [0.15, 0.2) is 36.4 Å². The first-order valence-electron chi connectivity index (χ1n) is 7.88. The molecule has 2 rings (SSSR count). The quantitative estimate of drug-likeness (QED) is 0.408. The van der Waals surface area contributed by atoms with Crippen LogP contribution in [-0.4, -0.2) is 36.6 Å². The van der Waals surface area contributed by atoms with Gasteiger partial charge in [-0.05, 0) is 48.2 Å². The van der Waals surface area contributed by atoms with Gasteiger partial charge in [-0.1, -0.05) is 12.1 Å². The maximum Gasteiger partial charge on any atom is 0.142 e. The van der Waals surface area contributed by atoms with Gasteiger partial charge in [0.25, 0.3) is 0 Å². The number of hydrogen-bond acceptors (Lipinski definition) is 6. The van der Waals surface area contributed by atoms with Crippen LogP contribution in [0.25, 0.3) is 0 Å². The molecule has 0 unspecified atom stereocenters. The lowest BCUT2D eigenvalue weighted by atomic mass is 10.1. The number of benzene rings is 2. The lowest BCUT2D eigenvalue weighted by Crippen LogP contribution is -2.11. The molecule has 0 bridgehead atoms. The van der Waals surface area contributed by atoms with E-state index in [9.17, 15) is 0 Å². The highest BCUT2D eigenvalue weighted by molar-refractivity contribution is 5.55. The summed E-state index contributed by atoms with van der Waals surface area (Å²) in [4.78, 5) is 0. The smallest absolute Gasteiger partial charge is 0.142 e. The maximum atomic E-state index is 8.92. The lowest BCUT2D eigenvalue weighted by Gasteiger charge is -2.12. The van der Waals surface area contributed by atoms with Crippen LogP contribution in [0.4, 0.5) is 11.4 Å². The second-order valence-electron chi connectivity index (χ2n) is 5.39. The Bertz CT molecular complexity index is 604. The van der Waals surface area contributed by atoms with Crippen LogP contribution in [0.3, 0.4) is 0 Å². The van der Waals surface area contributed by atoms with Crippen LogP contribution in [0.5, 0.6) is 11.5 Å². The maximum absolute atomic E-state index is 8.92. The summed E-state index contributed by atoms with van der Waals surface area (Å²) in [5.41, 5.74) is 14.9. The van der Waals surface area contributed by atoms with E-state index in [4.69, 9.17) is 31.2 Å². The molecule has 0 aromatic heterocycles. The van der Waals surface area contributed by atoms with Gasteiger partial charge in [0, 0.05) is 13.2 Å². The number of nitrogen functional groups attached to an aromatic ring is 2. The van der Waals surface area contributed by atoms with Crippen molar-refractivity contribution in [3.05, 3.63) is 47.5 Å². The lowest BCUT2D eigenvalue weighted by molar-refractivity contribution is 0.218. The highest BCUT2D eigenvalue weighted by Gasteiger charge is 2.04. The summed E-state index contributed by atoms with van der Waals surface area (Å²) in [5.74, 6) is 1.18. The Morgan fingerprint density at radius 1 is 0.708 bits per heavy atom. The van der Waals surface area contributed by atoms with Gasteiger partial charge >= 0.3 is 0 Å². The summed E-state index contributed by atoms with van der Waals surface area (Å²) in [6.07, 6.45) is 1.14.